The van der Waals surface area contributed by atoms with Crippen molar-refractivity contribution in [2.75, 3.05) is 13.6 Å². The Labute approximate surface area is 119 Å². The summed E-state index contributed by atoms with van der Waals surface area (Å²) in [6.07, 6.45) is 0. The topological polar surface area (TPSA) is 75.4 Å². The van der Waals surface area contributed by atoms with Gasteiger partial charge >= 0.3 is 5.97 Å². The van der Waals surface area contributed by atoms with Crippen LogP contribution in [-0.4, -0.2) is 45.3 Å². The molecule has 0 aliphatic heterocycles. The molecule has 6 heteroatoms. The van der Waals surface area contributed by atoms with E-state index in [2.05, 4.69) is 5.10 Å². The molecule has 1 N–H and O–H groups in total. The predicted molar refractivity (Wildman–Crippen MR) is 75.7 cm³/mol. The summed E-state index contributed by atoms with van der Waals surface area (Å²) in [7, 11) is 3.32. The lowest BCUT2D eigenvalue weighted by Crippen LogP contribution is -2.34. The minimum Gasteiger partial charge on any atom is -0.481 e. The van der Waals surface area contributed by atoms with Gasteiger partial charge in [0.1, 0.15) is 5.69 Å². The second kappa shape index (κ2) is 5.64. The molecule has 1 atom stereocenters. The van der Waals surface area contributed by atoms with E-state index in [0.29, 0.717) is 5.69 Å². The molecule has 1 heterocycles. The summed E-state index contributed by atoms with van der Waals surface area (Å²) in [5.41, 5.74) is 1.17. The normalized spacial score (nSPS) is 13.1. The Morgan fingerprint density at radius 2 is 2.00 bits per heavy atom. The van der Waals surface area contributed by atoms with Crippen LogP contribution in [0.2, 0.25) is 0 Å². The number of aromatic nitrogens is 2. The third-order valence-corrected chi connectivity index (χ3v) is 3.18. The lowest BCUT2D eigenvalue weighted by molar-refractivity contribution is -0.141. The molecular formula is C14H23N3O3. The van der Waals surface area contributed by atoms with Crippen molar-refractivity contribution >= 4 is 11.9 Å². The molecule has 1 amide bonds. The van der Waals surface area contributed by atoms with Crippen LogP contribution in [-0.2, 0) is 17.3 Å². The minimum absolute atomic E-state index is 0.136. The summed E-state index contributed by atoms with van der Waals surface area (Å²) in [5.74, 6) is -1.73. The SMILES string of the molecule is CC(CN(C)C(=O)c1cc(C(C)(C)C)nn1C)C(=O)O. The second-order valence-corrected chi connectivity index (χ2v) is 6.21. The average Bonchev–Trinajstić information content (AvgIpc) is 2.69. The third kappa shape index (κ3) is 3.59. The summed E-state index contributed by atoms with van der Waals surface area (Å²) in [6.45, 7) is 7.83. The molecule has 112 valence electrons. The standard InChI is InChI=1S/C14H23N3O3/c1-9(13(19)20)8-16(5)12(18)10-7-11(14(2,3)4)15-17(10)6/h7,9H,8H2,1-6H3,(H,19,20). The number of carbonyl (C=O) groups is 2. The first-order valence-electron chi connectivity index (χ1n) is 6.56. The van der Waals surface area contributed by atoms with Gasteiger partial charge in [-0.05, 0) is 6.07 Å². The molecule has 6 nitrogen and oxygen atoms in total. The van der Waals surface area contributed by atoms with Crippen LogP contribution in [0.15, 0.2) is 6.07 Å². The molecule has 0 radical (unpaired) electrons. The van der Waals surface area contributed by atoms with Crippen molar-refractivity contribution in [3.63, 3.8) is 0 Å². The van der Waals surface area contributed by atoms with E-state index in [9.17, 15) is 9.59 Å². The van der Waals surface area contributed by atoms with Crippen molar-refractivity contribution < 1.29 is 14.7 Å². The number of amides is 1. The number of aliphatic carboxylic acids is 1. The number of aryl methyl sites for hydroxylation is 1. The number of carboxylic acids is 1. The molecule has 1 aromatic rings. The predicted octanol–water partition coefficient (Wildman–Crippen LogP) is 1.51. The lowest BCUT2D eigenvalue weighted by Gasteiger charge is -2.19. The van der Waals surface area contributed by atoms with Crippen LogP contribution in [0.1, 0.15) is 43.9 Å². The molecule has 0 spiro atoms. The molecule has 0 aliphatic carbocycles. The molecule has 0 saturated heterocycles. The molecule has 0 fully saturated rings. The van der Waals surface area contributed by atoms with Crippen LogP contribution in [0.4, 0.5) is 0 Å². The molecule has 1 rings (SSSR count). The molecule has 0 aliphatic rings. The molecule has 0 bridgehead atoms. The average molecular weight is 281 g/mol. The molecule has 0 aromatic carbocycles. The summed E-state index contributed by atoms with van der Waals surface area (Å²) in [4.78, 5) is 24.6. The second-order valence-electron chi connectivity index (χ2n) is 6.21. The van der Waals surface area contributed by atoms with Gasteiger partial charge in [-0.1, -0.05) is 27.7 Å². The van der Waals surface area contributed by atoms with Gasteiger partial charge in [-0.25, -0.2) is 0 Å². The van der Waals surface area contributed by atoms with Gasteiger partial charge in [0.15, 0.2) is 0 Å². The van der Waals surface area contributed by atoms with Gasteiger partial charge < -0.3 is 10.0 Å². The van der Waals surface area contributed by atoms with E-state index in [1.807, 2.05) is 20.8 Å². The number of carboxylic acid groups (broad SMARTS) is 1. The van der Waals surface area contributed by atoms with Crippen molar-refractivity contribution in [3.8, 4) is 0 Å². The highest BCUT2D eigenvalue weighted by Gasteiger charge is 2.24. The van der Waals surface area contributed by atoms with Gasteiger partial charge in [-0.2, -0.15) is 5.10 Å². The Bertz CT molecular complexity index is 514. The quantitative estimate of drug-likeness (QED) is 0.907. The first-order chi connectivity index (χ1) is 9.04. The zero-order valence-electron chi connectivity index (χ0n) is 13.0. The van der Waals surface area contributed by atoms with Crippen LogP contribution in [0, 0.1) is 5.92 Å². The molecule has 0 saturated carbocycles. The van der Waals surface area contributed by atoms with E-state index in [4.69, 9.17) is 5.11 Å². The minimum atomic E-state index is -0.912. The summed E-state index contributed by atoms with van der Waals surface area (Å²) >= 11 is 0. The summed E-state index contributed by atoms with van der Waals surface area (Å²) in [5, 5.41) is 13.2. The van der Waals surface area contributed by atoms with Crippen molar-refractivity contribution in [1.82, 2.24) is 14.7 Å². The monoisotopic (exact) mass is 281 g/mol. The van der Waals surface area contributed by atoms with Gasteiger partial charge in [0.25, 0.3) is 5.91 Å². The van der Waals surface area contributed by atoms with Crippen LogP contribution in [0.25, 0.3) is 0 Å². The van der Waals surface area contributed by atoms with Crippen molar-refractivity contribution in [2.45, 2.75) is 33.1 Å². The maximum Gasteiger partial charge on any atom is 0.308 e. The molecule has 20 heavy (non-hydrogen) atoms. The van der Waals surface area contributed by atoms with Crippen molar-refractivity contribution in [3.05, 3.63) is 17.5 Å². The number of nitrogens with zero attached hydrogens (tertiary/aromatic N) is 3. The number of rotatable bonds is 4. The highest BCUT2D eigenvalue weighted by molar-refractivity contribution is 5.92. The zero-order valence-corrected chi connectivity index (χ0v) is 13.0. The number of hydrogen-bond acceptors (Lipinski definition) is 3. The fourth-order valence-corrected chi connectivity index (χ4v) is 1.80. The Morgan fingerprint density at radius 3 is 2.40 bits per heavy atom. The maximum absolute atomic E-state index is 12.3. The molecule has 1 aromatic heterocycles. The summed E-state index contributed by atoms with van der Waals surface area (Å²) in [6, 6.07) is 1.77. The van der Waals surface area contributed by atoms with Crippen molar-refractivity contribution in [1.29, 1.82) is 0 Å². The van der Waals surface area contributed by atoms with Crippen LogP contribution >= 0.6 is 0 Å². The van der Waals surface area contributed by atoms with Crippen LogP contribution < -0.4 is 0 Å². The highest BCUT2D eigenvalue weighted by atomic mass is 16.4. The lowest BCUT2D eigenvalue weighted by atomic mass is 9.92. The van der Waals surface area contributed by atoms with E-state index in [1.165, 1.54) is 4.90 Å². The Morgan fingerprint density at radius 1 is 1.45 bits per heavy atom. The van der Waals surface area contributed by atoms with Gasteiger partial charge in [0, 0.05) is 26.1 Å². The van der Waals surface area contributed by atoms with Gasteiger partial charge in [-0.3, -0.25) is 14.3 Å². The third-order valence-electron chi connectivity index (χ3n) is 3.18. The highest BCUT2D eigenvalue weighted by Crippen LogP contribution is 2.21. The van der Waals surface area contributed by atoms with Crippen molar-refractivity contribution in [2.24, 2.45) is 13.0 Å². The largest absolute Gasteiger partial charge is 0.481 e. The molecule has 1 unspecified atom stereocenters. The zero-order chi connectivity index (χ0) is 15.7. The smallest absolute Gasteiger partial charge is 0.308 e. The number of carbonyl (C=O) groups excluding carboxylic acids is 1. The van der Waals surface area contributed by atoms with Crippen LogP contribution in [0.3, 0.4) is 0 Å². The van der Waals surface area contributed by atoms with E-state index in [-0.39, 0.29) is 17.9 Å². The molecular weight excluding hydrogens is 258 g/mol. The first-order valence-corrected chi connectivity index (χ1v) is 6.56. The number of hydrogen-bond donors (Lipinski definition) is 1. The Hall–Kier alpha value is -1.85. The van der Waals surface area contributed by atoms with E-state index in [1.54, 1.807) is 31.8 Å². The Kier molecular flexibility index (Phi) is 4.57. The fraction of sp³-hybridized carbons (Fsp3) is 0.643. The van der Waals surface area contributed by atoms with Gasteiger partial charge in [0.05, 0.1) is 11.6 Å². The maximum atomic E-state index is 12.3. The van der Waals surface area contributed by atoms with E-state index < -0.39 is 11.9 Å². The van der Waals surface area contributed by atoms with Gasteiger partial charge in [0.2, 0.25) is 0 Å². The Balaban J connectivity index is 2.92. The van der Waals surface area contributed by atoms with Gasteiger partial charge in [-0.15, -0.1) is 0 Å². The summed E-state index contributed by atoms with van der Waals surface area (Å²) < 4.78 is 1.55. The van der Waals surface area contributed by atoms with E-state index >= 15 is 0 Å². The van der Waals surface area contributed by atoms with Crippen LogP contribution in [0.5, 0.6) is 0 Å². The van der Waals surface area contributed by atoms with E-state index in [0.717, 1.165) is 5.69 Å². The first kappa shape index (κ1) is 16.2. The fourth-order valence-electron chi connectivity index (χ4n) is 1.80.